The molecule has 0 bridgehead atoms. The first-order valence-electron chi connectivity index (χ1n) is 8.12. The van der Waals surface area contributed by atoms with E-state index in [0.717, 1.165) is 5.56 Å². The van der Waals surface area contributed by atoms with E-state index in [9.17, 15) is 9.59 Å². The van der Waals surface area contributed by atoms with Crippen LogP contribution in [-0.4, -0.2) is 40.4 Å². The van der Waals surface area contributed by atoms with Crippen molar-refractivity contribution in [2.45, 2.75) is 0 Å². The first-order valence-corrected chi connectivity index (χ1v) is 8.12. The van der Waals surface area contributed by atoms with Gasteiger partial charge in [-0.05, 0) is 36.4 Å². The largest absolute Gasteiger partial charge is 0.493 e. The molecule has 0 aliphatic heterocycles. The predicted octanol–water partition coefficient (Wildman–Crippen LogP) is 3.56. The number of ether oxygens (including phenoxy) is 3. The van der Waals surface area contributed by atoms with Crippen molar-refractivity contribution in [3.05, 3.63) is 54.1 Å². The summed E-state index contributed by atoms with van der Waals surface area (Å²) in [6.07, 6.45) is 2.59. The Bertz CT molecular complexity index is 831. The molecular weight excluding hydrogens is 348 g/mol. The van der Waals surface area contributed by atoms with Crippen LogP contribution < -0.4 is 19.7 Å². The Kier molecular flexibility index (Phi) is 6.82. The molecule has 2 aromatic carbocycles. The molecule has 0 saturated carbocycles. The number of para-hydroxylation sites is 1. The maximum atomic E-state index is 12.2. The second kappa shape index (κ2) is 9.28. The average molecular weight is 370 g/mol. The van der Waals surface area contributed by atoms with Crippen LogP contribution >= 0.6 is 0 Å². The number of anilines is 2. The van der Waals surface area contributed by atoms with Gasteiger partial charge in [0.05, 0.1) is 21.3 Å². The van der Waals surface area contributed by atoms with E-state index in [2.05, 4.69) is 10.1 Å². The summed E-state index contributed by atoms with van der Waals surface area (Å²) in [6, 6.07) is 12.2. The lowest BCUT2D eigenvalue weighted by atomic mass is 10.1. The van der Waals surface area contributed by atoms with Gasteiger partial charge in [-0.1, -0.05) is 12.1 Å². The minimum Gasteiger partial charge on any atom is -0.493 e. The Labute approximate surface area is 158 Å². The van der Waals surface area contributed by atoms with Gasteiger partial charge < -0.3 is 19.5 Å². The summed E-state index contributed by atoms with van der Waals surface area (Å²) < 4.78 is 15.2. The van der Waals surface area contributed by atoms with E-state index in [1.807, 2.05) is 12.1 Å². The van der Waals surface area contributed by atoms with Crippen LogP contribution in [0.5, 0.6) is 11.5 Å². The molecule has 27 heavy (non-hydrogen) atoms. The highest BCUT2D eigenvalue weighted by molar-refractivity contribution is 6.02. The Morgan fingerprint density at radius 3 is 2.30 bits per heavy atom. The van der Waals surface area contributed by atoms with Crippen LogP contribution in [-0.2, 0) is 9.53 Å². The van der Waals surface area contributed by atoms with Crippen molar-refractivity contribution in [2.24, 2.45) is 0 Å². The molecule has 2 amide bonds. The number of carbonyl (C=O) groups is 2. The lowest BCUT2D eigenvalue weighted by molar-refractivity contribution is -0.111. The molecule has 7 nitrogen and oxygen atoms in total. The van der Waals surface area contributed by atoms with E-state index in [4.69, 9.17) is 9.47 Å². The van der Waals surface area contributed by atoms with E-state index in [1.54, 1.807) is 57.7 Å². The van der Waals surface area contributed by atoms with Crippen LogP contribution in [0.3, 0.4) is 0 Å². The van der Waals surface area contributed by atoms with Gasteiger partial charge in [0, 0.05) is 30.1 Å². The molecule has 0 atom stereocenters. The molecule has 2 rings (SSSR count). The Morgan fingerprint density at radius 1 is 1.00 bits per heavy atom. The predicted molar refractivity (Wildman–Crippen MR) is 104 cm³/mol. The maximum Gasteiger partial charge on any atom is 0.413 e. The van der Waals surface area contributed by atoms with Crippen LogP contribution in [0, 0.1) is 0 Å². The van der Waals surface area contributed by atoms with Gasteiger partial charge in [-0.2, -0.15) is 0 Å². The van der Waals surface area contributed by atoms with Gasteiger partial charge in [-0.3, -0.25) is 9.69 Å². The molecule has 0 heterocycles. The zero-order valence-electron chi connectivity index (χ0n) is 15.7. The fraction of sp³-hybridized carbons (Fsp3) is 0.200. The zero-order chi connectivity index (χ0) is 19.8. The molecule has 0 fully saturated rings. The van der Waals surface area contributed by atoms with Crippen LogP contribution in [0.2, 0.25) is 0 Å². The molecule has 0 aromatic heterocycles. The Morgan fingerprint density at radius 2 is 1.70 bits per heavy atom. The molecule has 1 N–H and O–H groups in total. The third-order valence-electron chi connectivity index (χ3n) is 3.82. The summed E-state index contributed by atoms with van der Waals surface area (Å²) in [6.45, 7) is 0. The van der Waals surface area contributed by atoms with Crippen LogP contribution in [0.4, 0.5) is 16.2 Å². The minimum absolute atomic E-state index is 0.297. The monoisotopic (exact) mass is 370 g/mol. The minimum atomic E-state index is -0.470. The average Bonchev–Trinajstić information content (AvgIpc) is 2.71. The molecule has 0 unspecified atom stereocenters. The second-order valence-electron chi connectivity index (χ2n) is 5.48. The normalized spacial score (nSPS) is 10.4. The maximum absolute atomic E-state index is 12.2. The number of hydrogen-bond donors (Lipinski definition) is 1. The molecule has 2 aromatic rings. The Hall–Kier alpha value is -3.48. The topological polar surface area (TPSA) is 77.1 Å². The summed E-state index contributed by atoms with van der Waals surface area (Å²) in [5, 5.41) is 2.76. The van der Waals surface area contributed by atoms with Crippen molar-refractivity contribution < 1.29 is 23.8 Å². The van der Waals surface area contributed by atoms with Gasteiger partial charge in [0.2, 0.25) is 5.91 Å². The van der Waals surface area contributed by atoms with E-state index in [-0.39, 0.29) is 5.91 Å². The van der Waals surface area contributed by atoms with E-state index >= 15 is 0 Å². The van der Waals surface area contributed by atoms with Crippen molar-refractivity contribution in [3.8, 4) is 11.5 Å². The first-order chi connectivity index (χ1) is 13.0. The number of nitrogens with one attached hydrogen (secondary N) is 1. The summed E-state index contributed by atoms with van der Waals surface area (Å²) in [5.74, 6) is 0.846. The van der Waals surface area contributed by atoms with Gasteiger partial charge >= 0.3 is 6.09 Å². The summed E-state index contributed by atoms with van der Waals surface area (Å²) in [7, 11) is 6.02. The van der Waals surface area contributed by atoms with E-state index in [0.29, 0.717) is 22.9 Å². The van der Waals surface area contributed by atoms with Crippen molar-refractivity contribution >= 4 is 29.5 Å². The number of benzene rings is 2. The highest BCUT2D eigenvalue weighted by atomic mass is 16.5. The highest BCUT2D eigenvalue weighted by Gasteiger charge is 2.10. The van der Waals surface area contributed by atoms with Crippen molar-refractivity contribution in [3.63, 3.8) is 0 Å². The number of methoxy groups -OCH3 is 3. The smallest absolute Gasteiger partial charge is 0.413 e. The number of nitrogens with zero attached hydrogens (tertiary/aromatic N) is 1. The molecule has 0 spiro atoms. The third kappa shape index (κ3) is 5.01. The summed E-state index contributed by atoms with van der Waals surface area (Å²) in [4.78, 5) is 25.0. The molecule has 0 aliphatic carbocycles. The third-order valence-corrected chi connectivity index (χ3v) is 3.82. The molecule has 7 heteroatoms. The van der Waals surface area contributed by atoms with Crippen molar-refractivity contribution in [1.29, 1.82) is 0 Å². The lowest BCUT2D eigenvalue weighted by Crippen LogP contribution is -2.25. The molecular formula is C20H22N2O5. The Balaban J connectivity index is 2.06. The van der Waals surface area contributed by atoms with Crippen molar-refractivity contribution in [1.82, 2.24) is 0 Å². The number of rotatable bonds is 6. The van der Waals surface area contributed by atoms with Crippen LogP contribution in [0.15, 0.2) is 48.5 Å². The molecule has 0 aliphatic rings. The summed E-state index contributed by atoms with van der Waals surface area (Å²) in [5.41, 5.74) is 1.97. The molecule has 0 saturated heterocycles. The van der Waals surface area contributed by atoms with Crippen LogP contribution in [0.25, 0.3) is 6.08 Å². The number of hydrogen-bond acceptors (Lipinski definition) is 5. The van der Waals surface area contributed by atoms with Gasteiger partial charge in [0.15, 0.2) is 11.5 Å². The highest BCUT2D eigenvalue weighted by Crippen LogP contribution is 2.31. The van der Waals surface area contributed by atoms with Gasteiger partial charge in [0.25, 0.3) is 0 Å². The number of amides is 2. The van der Waals surface area contributed by atoms with Gasteiger partial charge in [-0.25, -0.2) is 4.79 Å². The first kappa shape index (κ1) is 19.8. The van der Waals surface area contributed by atoms with Crippen LogP contribution in [0.1, 0.15) is 5.56 Å². The molecule has 0 radical (unpaired) electrons. The number of carbonyl (C=O) groups excluding carboxylic acids is 2. The van der Waals surface area contributed by atoms with E-state index < -0.39 is 6.09 Å². The van der Waals surface area contributed by atoms with Gasteiger partial charge in [0.1, 0.15) is 0 Å². The standard InChI is InChI=1S/C20H22N2O5/c1-22(20(24)27-4)16-11-9-15(10-12-16)21-18(23)13-8-14-6-5-7-17(25-2)19(14)26-3/h5-13H,1-4H3,(H,21,23). The quantitative estimate of drug-likeness (QED) is 0.787. The molecule has 142 valence electrons. The lowest BCUT2D eigenvalue weighted by Gasteiger charge is -2.15. The van der Waals surface area contributed by atoms with Gasteiger partial charge in [-0.15, -0.1) is 0 Å². The SMILES string of the molecule is COC(=O)N(C)c1ccc(NC(=O)C=Cc2cccc(OC)c2OC)cc1. The van der Waals surface area contributed by atoms with E-state index in [1.165, 1.54) is 18.1 Å². The second-order valence-corrected chi connectivity index (χ2v) is 5.48. The summed E-state index contributed by atoms with van der Waals surface area (Å²) >= 11 is 0. The fourth-order valence-electron chi connectivity index (χ4n) is 2.40. The van der Waals surface area contributed by atoms with Crippen molar-refractivity contribution in [2.75, 3.05) is 38.6 Å². The zero-order valence-corrected chi connectivity index (χ0v) is 15.7. The fourth-order valence-corrected chi connectivity index (χ4v) is 2.40.